The molecule has 0 aliphatic carbocycles. The lowest BCUT2D eigenvalue weighted by atomic mass is 10.0. The van der Waals surface area contributed by atoms with Crippen molar-refractivity contribution in [3.8, 4) is 0 Å². The first kappa shape index (κ1) is 10.5. The van der Waals surface area contributed by atoms with Crippen molar-refractivity contribution in [1.29, 1.82) is 0 Å². The third kappa shape index (κ3) is 2.74. The Morgan fingerprint density at radius 3 is 2.57 bits per heavy atom. The minimum Gasteiger partial charge on any atom is -0.384 e. The largest absolute Gasteiger partial charge is 0.384 e. The van der Waals surface area contributed by atoms with Crippen LogP contribution in [0.4, 0.5) is 0 Å². The van der Waals surface area contributed by atoms with E-state index in [0.29, 0.717) is 6.42 Å². The fourth-order valence-corrected chi connectivity index (χ4v) is 1.23. The molecule has 0 radical (unpaired) electrons. The Kier molecular flexibility index (Phi) is 3.93. The van der Waals surface area contributed by atoms with Crippen LogP contribution in [-0.4, -0.2) is 11.2 Å². The third-order valence-corrected chi connectivity index (χ3v) is 2.04. The molecule has 1 nitrogen and oxygen atoms in total. The van der Waals surface area contributed by atoms with Gasteiger partial charge in [-0.15, -0.1) is 12.3 Å². The topological polar surface area (TPSA) is 20.2 Å². The average molecular weight is 186 g/mol. The zero-order chi connectivity index (χ0) is 10.4. The molecule has 0 aliphatic rings. The van der Waals surface area contributed by atoms with E-state index < -0.39 is 6.10 Å². The Balaban J connectivity index is 2.77. The lowest BCUT2D eigenvalue weighted by Crippen LogP contribution is -2.07. The van der Waals surface area contributed by atoms with Crippen molar-refractivity contribution in [3.63, 3.8) is 0 Å². The van der Waals surface area contributed by atoms with Crippen LogP contribution in [0.3, 0.4) is 0 Å². The van der Waals surface area contributed by atoms with Gasteiger partial charge in [0.25, 0.3) is 0 Å². The molecule has 1 rings (SSSR count). The molecular formula is C13H14O. The van der Waals surface area contributed by atoms with E-state index in [4.69, 9.17) is 0 Å². The molecule has 0 aromatic heterocycles. The van der Waals surface area contributed by atoms with Gasteiger partial charge in [0.05, 0.1) is 0 Å². The van der Waals surface area contributed by atoms with Gasteiger partial charge in [-0.1, -0.05) is 43.0 Å². The summed E-state index contributed by atoms with van der Waals surface area (Å²) in [6, 6.07) is 9.91. The van der Waals surface area contributed by atoms with Gasteiger partial charge < -0.3 is 5.11 Å². The van der Waals surface area contributed by atoms with Gasteiger partial charge in [-0.3, -0.25) is 0 Å². The van der Waals surface area contributed by atoms with Crippen LogP contribution in [0.25, 0.3) is 0 Å². The molecular weight excluding hydrogens is 172 g/mol. The second kappa shape index (κ2) is 5.23. The van der Waals surface area contributed by atoms with Crippen LogP contribution in [0.1, 0.15) is 5.56 Å². The summed E-state index contributed by atoms with van der Waals surface area (Å²) in [6.45, 7) is 7.09. The summed E-state index contributed by atoms with van der Waals surface area (Å²) in [5, 5.41) is 9.52. The first-order chi connectivity index (χ1) is 6.77. The Bertz CT molecular complexity index is 345. The molecule has 14 heavy (non-hydrogen) atoms. The Hall–Kier alpha value is -1.56. The van der Waals surface area contributed by atoms with E-state index in [9.17, 15) is 5.11 Å². The van der Waals surface area contributed by atoms with Crippen LogP contribution in [0.5, 0.6) is 0 Å². The van der Waals surface area contributed by atoms with Crippen molar-refractivity contribution < 1.29 is 5.11 Å². The van der Waals surface area contributed by atoms with E-state index in [2.05, 4.69) is 18.9 Å². The monoisotopic (exact) mass is 186 g/mol. The predicted octanol–water partition coefficient (Wildman–Crippen LogP) is 2.49. The summed E-state index contributed by atoms with van der Waals surface area (Å²) in [6.07, 6.45) is 1.50. The van der Waals surface area contributed by atoms with Gasteiger partial charge in [0.2, 0.25) is 0 Å². The van der Waals surface area contributed by atoms with Gasteiger partial charge in [0.15, 0.2) is 0 Å². The maximum Gasteiger partial charge on any atom is 0.101 e. The summed E-state index contributed by atoms with van der Waals surface area (Å²) in [4.78, 5) is 0. The Morgan fingerprint density at radius 1 is 1.43 bits per heavy atom. The minimum absolute atomic E-state index is 0.646. The van der Waals surface area contributed by atoms with E-state index in [-0.39, 0.29) is 0 Å². The molecule has 0 saturated carbocycles. The number of hydrogen-bond donors (Lipinski definition) is 1. The summed E-state index contributed by atoms with van der Waals surface area (Å²) in [5.41, 5.74) is 4.64. The molecule has 72 valence electrons. The highest BCUT2D eigenvalue weighted by Crippen LogP contribution is 2.10. The maximum absolute atomic E-state index is 9.52. The first-order valence-corrected chi connectivity index (χ1v) is 4.51. The van der Waals surface area contributed by atoms with Crippen molar-refractivity contribution in [2.75, 3.05) is 0 Å². The number of aliphatic hydroxyl groups is 1. The normalized spacial score (nSPS) is 11.5. The highest BCUT2D eigenvalue weighted by molar-refractivity contribution is 5.24. The standard InChI is InChI=1S/C13H14O/c1-3-12(13(14)4-2)10-11-8-6-5-7-9-11/h4-9,13-14H,1-2,10H2/t13-/m0/s1. The van der Waals surface area contributed by atoms with Gasteiger partial charge in [-0.25, -0.2) is 0 Å². The maximum atomic E-state index is 9.52. The van der Waals surface area contributed by atoms with Crippen LogP contribution < -0.4 is 0 Å². The van der Waals surface area contributed by atoms with Crippen molar-refractivity contribution >= 4 is 0 Å². The summed E-state index contributed by atoms with van der Waals surface area (Å²) < 4.78 is 0. The van der Waals surface area contributed by atoms with Crippen molar-refractivity contribution in [1.82, 2.24) is 0 Å². The van der Waals surface area contributed by atoms with Crippen molar-refractivity contribution in [2.45, 2.75) is 12.5 Å². The van der Waals surface area contributed by atoms with Gasteiger partial charge in [0.1, 0.15) is 6.10 Å². The van der Waals surface area contributed by atoms with E-state index in [1.807, 2.05) is 30.3 Å². The fourth-order valence-electron chi connectivity index (χ4n) is 1.23. The van der Waals surface area contributed by atoms with Crippen molar-refractivity contribution in [3.05, 3.63) is 66.4 Å². The molecule has 0 saturated heterocycles. The predicted molar refractivity (Wildman–Crippen MR) is 59.0 cm³/mol. The second-order valence-electron chi connectivity index (χ2n) is 3.04. The van der Waals surface area contributed by atoms with Gasteiger partial charge in [-0.2, -0.15) is 0 Å². The zero-order valence-electron chi connectivity index (χ0n) is 8.11. The number of benzene rings is 1. The average Bonchev–Trinajstić information content (AvgIpc) is 2.26. The van der Waals surface area contributed by atoms with E-state index in [1.165, 1.54) is 6.08 Å². The van der Waals surface area contributed by atoms with Crippen molar-refractivity contribution in [2.24, 2.45) is 0 Å². The fraction of sp³-hybridized carbons (Fsp3) is 0.154. The number of aliphatic hydroxyl groups excluding tert-OH is 1. The van der Waals surface area contributed by atoms with E-state index in [1.54, 1.807) is 0 Å². The van der Waals surface area contributed by atoms with Crippen LogP contribution in [0, 0.1) is 0 Å². The van der Waals surface area contributed by atoms with Crippen LogP contribution in [-0.2, 0) is 6.42 Å². The zero-order valence-corrected chi connectivity index (χ0v) is 8.11. The summed E-state index contributed by atoms with van der Waals surface area (Å²) >= 11 is 0. The van der Waals surface area contributed by atoms with Crippen LogP contribution in [0.2, 0.25) is 0 Å². The number of rotatable bonds is 4. The van der Waals surface area contributed by atoms with Crippen LogP contribution in [0.15, 0.2) is 60.9 Å². The summed E-state index contributed by atoms with van der Waals surface area (Å²) in [5.74, 6) is 0. The Morgan fingerprint density at radius 2 is 2.07 bits per heavy atom. The second-order valence-corrected chi connectivity index (χ2v) is 3.04. The Labute approximate surface area is 84.7 Å². The van der Waals surface area contributed by atoms with Gasteiger partial charge in [0, 0.05) is 12.0 Å². The van der Waals surface area contributed by atoms with Crippen LogP contribution >= 0.6 is 0 Å². The van der Waals surface area contributed by atoms with E-state index in [0.717, 1.165) is 11.1 Å². The molecule has 1 aromatic rings. The molecule has 1 aromatic carbocycles. The molecule has 0 unspecified atom stereocenters. The lowest BCUT2D eigenvalue weighted by molar-refractivity contribution is 0.257. The molecule has 0 bridgehead atoms. The molecule has 1 N–H and O–H groups in total. The molecule has 0 fully saturated rings. The molecule has 0 heterocycles. The first-order valence-electron chi connectivity index (χ1n) is 4.51. The number of hydrogen-bond acceptors (Lipinski definition) is 1. The highest BCUT2D eigenvalue weighted by Gasteiger charge is 2.06. The van der Waals surface area contributed by atoms with Gasteiger partial charge in [-0.05, 0) is 5.56 Å². The molecule has 1 heteroatoms. The SMILES string of the molecule is C=C=C(Cc1ccccc1)[C@@H](O)C=C. The molecule has 0 spiro atoms. The third-order valence-electron chi connectivity index (χ3n) is 2.04. The lowest BCUT2D eigenvalue weighted by Gasteiger charge is -2.08. The summed E-state index contributed by atoms with van der Waals surface area (Å²) in [7, 11) is 0. The molecule has 0 amide bonds. The quantitative estimate of drug-likeness (QED) is 0.565. The highest BCUT2D eigenvalue weighted by atomic mass is 16.3. The van der Waals surface area contributed by atoms with Gasteiger partial charge >= 0.3 is 0 Å². The molecule has 1 atom stereocenters. The smallest absolute Gasteiger partial charge is 0.101 e. The minimum atomic E-state index is -0.646. The molecule has 0 aliphatic heterocycles. The van der Waals surface area contributed by atoms with E-state index >= 15 is 0 Å².